The number of nitrogen functional groups attached to an aromatic ring is 1. The number of hydrogen-bond donors (Lipinski definition) is 1. The molecule has 1 aromatic carbocycles. The lowest BCUT2D eigenvalue weighted by molar-refractivity contribution is 0.106. The van der Waals surface area contributed by atoms with Gasteiger partial charge in [0.2, 0.25) is 0 Å². The third-order valence-electron chi connectivity index (χ3n) is 3.16. The van der Waals surface area contributed by atoms with E-state index in [1.54, 1.807) is 0 Å². The first-order chi connectivity index (χ1) is 7.77. The van der Waals surface area contributed by atoms with Gasteiger partial charge in [0.1, 0.15) is 0 Å². The van der Waals surface area contributed by atoms with Crippen LogP contribution in [0.5, 0.6) is 0 Å². The smallest absolute Gasteiger partial charge is 0.0597 e. The number of nitrogens with two attached hydrogens (primary N) is 1. The van der Waals surface area contributed by atoms with Crippen molar-refractivity contribution in [3.8, 4) is 0 Å². The Bertz CT molecular complexity index is 334. The molecule has 1 fully saturated rings. The molecule has 0 aliphatic carbocycles. The molecule has 0 radical (unpaired) electrons. The highest BCUT2D eigenvalue weighted by Crippen LogP contribution is 2.22. The average molecular weight is 220 g/mol. The van der Waals surface area contributed by atoms with Crippen LogP contribution < -0.4 is 10.6 Å². The van der Waals surface area contributed by atoms with Crippen LogP contribution in [0.2, 0.25) is 0 Å². The van der Waals surface area contributed by atoms with Crippen molar-refractivity contribution in [2.24, 2.45) is 0 Å². The quantitative estimate of drug-likeness (QED) is 0.791. The van der Waals surface area contributed by atoms with Gasteiger partial charge in [-0.15, -0.1) is 0 Å². The van der Waals surface area contributed by atoms with E-state index in [4.69, 9.17) is 10.5 Å². The monoisotopic (exact) mass is 220 g/mol. The van der Waals surface area contributed by atoms with Crippen LogP contribution in [0, 0.1) is 0 Å². The molecule has 16 heavy (non-hydrogen) atoms. The zero-order valence-corrected chi connectivity index (χ0v) is 9.86. The van der Waals surface area contributed by atoms with Crippen LogP contribution in [-0.2, 0) is 4.74 Å². The largest absolute Gasteiger partial charge is 0.397 e. The van der Waals surface area contributed by atoms with Crippen LogP contribution in [0.4, 0.5) is 11.4 Å². The molecule has 0 spiro atoms. The van der Waals surface area contributed by atoms with Crippen LogP contribution in [0.15, 0.2) is 24.3 Å². The molecule has 3 heteroatoms. The van der Waals surface area contributed by atoms with Crippen molar-refractivity contribution >= 4 is 11.4 Å². The molecule has 1 aliphatic rings. The van der Waals surface area contributed by atoms with E-state index in [-0.39, 0.29) is 0 Å². The molecule has 1 unspecified atom stereocenters. The molecule has 0 aromatic heterocycles. The van der Waals surface area contributed by atoms with Crippen LogP contribution >= 0.6 is 0 Å². The number of hydrogen-bond acceptors (Lipinski definition) is 3. The van der Waals surface area contributed by atoms with Gasteiger partial charge in [-0.05, 0) is 31.4 Å². The van der Waals surface area contributed by atoms with Gasteiger partial charge in [-0.25, -0.2) is 0 Å². The highest BCUT2D eigenvalue weighted by Gasteiger charge is 2.16. The molecule has 88 valence electrons. The van der Waals surface area contributed by atoms with Gasteiger partial charge in [0.25, 0.3) is 0 Å². The van der Waals surface area contributed by atoms with Gasteiger partial charge in [-0.1, -0.05) is 12.1 Å². The van der Waals surface area contributed by atoms with Gasteiger partial charge in [-0.3, -0.25) is 0 Å². The summed E-state index contributed by atoms with van der Waals surface area (Å²) in [7, 11) is 2.08. The van der Waals surface area contributed by atoms with Gasteiger partial charge >= 0.3 is 0 Å². The number of nitrogens with zero attached hydrogens (tertiary/aromatic N) is 1. The molecule has 0 amide bonds. The zero-order valence-electron chi connectivity index (χ0n) is 9.86. The Balaban J connectivity index is 1.87. The van der Waals surface area contributed by atoms with E-state index in [9.17, 15) is 0 Å². The number of rotatable bonds is 4. The Morgan fingerprint density at radius 3 is 2.94 bits per heavy atom. The maximum Gasteiger partial charge on any atom is 0.0597 e. The van der Waals surface area contributed by atoms with Crippen LogP contribution in [-0.4, -0.2) is 26.3 Å². The average Bonchev–Trinajstić information content (AvgIpc) is 2.79. The lowest BCUT2D eigenvalue weighted by Crippen LogP contribution is -2.23. The summed E-state index contributed by atoms with van der Waals surface area (Å²) in [5.74, 6) is 0. The predicted molar refractivity (Wildman–Crippen MR) is 67.7 cm³/mol. The normalized spacial score (nSPS) is 19.9. The summed E-state index contributed by atoms with van der Waals surface area (Å²) in [5, 5.41) is 0. The van der Waals surface area contributed by atoms with Crippen LogP contribution in [0.25, 0.3) is 0 Å². The van der Waals surface area contributed by atoms with E-state index in [0.717, 1.165) is 30.9 Å². The Labute approximate surface area is 97.2 Å². The second-order valence-electron chi connectivity index (χ2n) is 4.40. The fourth-order valence-electron chi connectivity index (χ4n) is 2.17. The van der Waals surface area contributed by atoms with E-state index < -0.39 is 0 Å². The molecule has 1 saturated heterocycles. The van der Waals surface area contributed by atoms with E-state index >= 15 is 0 Å². The number of ether oxygens (including phenoxy) is 1. The minimum Gasteiger partial charge on any atom is -0.397 e. The predicted octanol–water partition coefficient (Wildman–Crippen LogP) is 2.27. The molecule has 1 atom stereocenters. The molecule has 1 heterocycles. The van der Waals surface area contributed by atoms with Crippen molar-refractivity contribution < 1.29 is 4.74 Å². The fourth-order valence-corrected chi connectivity index (χ4v) is 2.17. The van der Waals surface area contributed by atoms with Crippen molar-refractivity contribution in [2.45, 2.75) is 25.4 Å². The summed E-state index contributed by atoms with van der Waals surface area (Å²) in [6, 6.07) is 7.99. The molecule has 0 bridgehead atoms. The molecule has 1 aliphatic heterocycles. The van der Waals surface area contributed by atoms with Crippen molar-refractivity contribution in [1.29, 1.82) is 0 Å². The maximum atomic E-state index is 5.93. The Morgan fingerprint density at radius 2 is 2.25 bits per heavy atom. The number of benzene rings is 1. The number of para-hydroxylation sites is 2. The van der Waals surface area contributed by atoms with Gasteiger partial charge in [0.15, 0.2) is 0 Å². The summed E-state index contributed by atoms with van der Waals surface area (Å²) < 4.78 is 5.61. The lowest BCUT2D eigenvalue weighted by atomic mass is 10.1. The van der Waals surface area contributed by atoms with Crippen molar-refractivity contribution in [3.05, 3.63) is 24.3 Å². The van der Waals surface area contributed by atoms with Gasteiger partial charge in [-0.2, -0.15) is 0 Å². The third-order valence-corrected chi connectivity index (χ3v) is 3.16. The number of anilines is 2. The molecule has 3 nitrogen and oxygen atoms in total. The van der Waals surface area contributed by atoms with E-state index in [2.05, 4.69) is 18.0 Å². The summed E-state index contributed by atoms with van der Waals surface area (Å²) in [4.78, 5) is 2.21. The summed E-state index contributed by atoms with van der Waals surface area (Å²) in [5.41, 5.74) is 7.89. The van der Waals surface area contributed by atoms with Gasteiger partial charge in [0, 0.05) is 20.2 Å². The van der Waals surface area contributed by atoms with Gasteiger partial charge in [0.05, 0.1) is 17.5 Å². The Hall–Kier alpha value is -1.22. The summed E-state index contributed by atoms with van der Waals surface area (Å²) in [6.45, 7) is 1.93. The standard InChI is InChI=1S/C13H20N2O/c1-15(9-8-11-5-4-10-16-11)13-7-3-2-6-12(13)14/h2-3,6-7,11H,4-5,8-10,14H2,1H3. The second-order valence-corrected chi connectivity index (χ2v) is 4.40. The van der Waals surface area contributed by atoms with E-state index in [0.29, 0.717) is 6.10 Å². The van der Waals surface area contributed by atoms with Crippen LogP contribution in [0.1, 0.15) is 19.3 Å². The minimum atomic E-state index is 0.451. The maximum absolute atomic E-state index is 5.93. The summed E-state index contributed by atoms with van der Waals surface area (Å²) >= 11 is 0. The second kappa shape index (κ2) is 5.21. The third kappa shape index (κ3) is 2.67. The molecular weight excluding hydrogens is 200 g/mol. The SMILES string of the molecule is CN(CCC1CCCO1)c1ccccc1N. The van der Waals surface area contributed by atoms with Gasteiger partial charge < -0.3 is 15.4 Å². The lowest BCUT2D eigenvalue weighted by Gasteiger charge is -2.22. The first kappa shape index (κ1) is 11.3. The highest BCUT2D eigenvalue weighted by molar-refractivity contribution is 5.66. The van der Waals surface area contributed by atoms with Crippen molar-refractivity contribution in [3.63, 3.8) is 0 Å². The topological polar surface area (TPSA) is 38.5 Å². The molecule has 1 aromatic rings. The Morgan fingerprint density at radius 1 is 1.44 bits per heavy atom. The summed E-state index contributed by atoms with van der Waals surface area (Å²) in [6.07, 6.45) is 3.96. The molecule has 2 N–H and O–H groups in total. The van der Waals surface area contributed by atoms with Crippen LogP contribution in [0.3, 0.4) is 0 Å². The first-order valence-electron chi connectivity index (χ1n) is 5.94. The molecule has 0 saturated carbocycles. The van der Waals surface area contributed by atoms with Crippen molar-refractivity contribution in [1.82, 2.24) is 0 Å². The highest BCUT2D eigenvalue weighted by atomic mass is 16.5. The zero-order chi connectivity index (χ0) is 11.4. The fraction of sp³-hybridized carbons (Fsp3) is 0.538. The minimum absolute atomic E-state index is 0.451. The first-order valence-corrected chi connectivity index (χ1v) is 5.94. The Kier molecular flexibility index (Phi) is 3.67. The van der Waals surface area contributed by atoms with E-state index in [1.807, 2.05) is 18.2 Å². The molecule has 2 rings (SSSR count). The molecular formula is C13H20N2O. The van der Waals surface area contributed by atoms with E-state index in [1.165, 1.54) is 12.8 Å². The van der Waals surface area contributed by atoms with Crippen molar-refractivity contribution in [2.75, 3.05) is 30.8 Å².